The van der Waals surface area contributed by atoms with Crippen LogP contribution in [0.4, 0.5) is 5.69 Å². The summed E-state index contributed by atoms with van der Waals surface area (Å²) in [5.41, 5.74) is 1.29. The molecule has 2 aromatic heterocycles. The van der Waals surface area contributed by atoms with Crippen LogP contribution in [0.1, 0.15) is 29.2 Å². The van der Waals surface area contributed by atoms with Gasteiger partial charge in [0.1, 0.15) is 15.5 Å². The third-order valence-corrected chi connectivity index (χ3v) is 5.73. The van der Waals surface area contributed by atoms with E-state index in [0.717, 1.165) is 5.69 Å². The normalized spacial score (nSPS) is 11.1. The summed E-state index contributed by atoms with van der Waals surface area (Å²) in [5.74, 6) is -0.290. The minimum atomic E-state index is -0.516. The van der Waals surface area contributed by atoms with Gasteiger partial charge in [-0.3, -0.25) is 9.69 Å². The van der Waals surface area contributed by atoms with Gasteiger partial charge in [-0.05, 0) is 45.2 Å². The van der Waals surface area contributed by atoms with E-state index in [1.807, 2.05) is 37.4 Å². The first kappa shape index (κ1) is 21.7. The van der Waals surface area contributed by atoms with Crippen LogP contribution < -0.4 is 10.1 Å². The number of pyridine rings is 1. The Morgan fingerprint density at radius 3 is 2.57 bits per heavy atom. The molecule has 1 amide bonds. The lowest BCUT2D eigenvalue weighted by Crippen LogP contribution is -2.25. The van der Waals surface area contributed by atoms with Crippen molar-refractivity contribution in [3.8, 4) is 5.75 Å². The highest BCUT2D eigenvalue weighted by Gasteiger charge is 2.22. The van der Waals surface area contributed by atoms with E-state index in [0.29, 0.717) is 39.1 Å². The molecule has 0 aliphatic heterocycles. The molecule has 8 heteroatoms. The van der Waals surface area contributed by atoms with Crippen LogP contribution in [0.3, 0.4) is 0 Å². The van der Waals surface area contributed by atoms with Gasteiger partial charge in [-0.15, -0.1) is 11.3 Å². The quantitative estimate of drug-likeness (QED) is 0.549. The molecule has 0 fully saturated rings. The number of benzene rings is 1. The molecule has 7 nitrogen and oxygen atoms in total. The van der Waals surface area contributed by atoms with E-state index < -0.39 is 5.97 Å². The van der Waals surface area contributed by atoms with Crippen molar-refractivity contribution in [2.45, 2.75) is 26.4 Å². The summed E-state index contributed by atoms with van der Waals surface area (Å²) in [6.45, 7) is 4.74. The van der Waals surface area contributed by atoms with Crippen molar-refractivity contribution in [3.63, 3.8) is 0 Å². The molecule has 0 saturated heterocycles. The minimum Gasteiger partial charge on any atom is -0.484 e. The molecule has 0 aliphatic carbocycles. The number of anilines is 1. The zero-order valence-corrected chi connectivity index (χ0v) is 18.3. The molecule has 1 N–H and O–H groups in total. The van der Waals surface area contributed by atoms with Crippen LogP contribution in [0.2, 0.25) is 0 Å². The second-order valence-corrected chi connectivity index (χ2v) is 8.11. The lowest BCUT2D eigenvalue weighted by molar-refractivity contribution is -0.118. The smallest absolute Gasteiger partial charge is 0.350 e. The number of fused-ring (bicyclic) bond motifs is 1. The number of hydrogen-bond donors (Lipinski definition) is 1. The van der Waals surface area contributed by atoms with E-state index >= 15 is 0 Å². The number of esters is 1. The molecule has 1 aromatic carbocycles. The fourth-order valence-electron chi connectivity index (χ4n) is 2.74. The predicted octanol–water partition coefficient (Wildman–Crippen LogP) is 3.94. The number of carbonyl (C=O) groups is 2. The molecule has 0 bridgehead atoms. The molecule has 0 radical (unpaired) electrons. The average Bonchev–Trinajstić information content (AvgIpc) is 3.09. The molecule has 3 aromatic rings. The lowest BCUT2D eigenvalue weighted by atomic mass is 10.2. The number of thiophene rings is 1. The van der Waals surface area contributed by atoms with Crippen LogP contribution in [0.25, 0.3) is 10.2 Å². The fraction of sp³-hybridized carbons (Fsp3) is 0.318. The van der Waals surface area contributed by atoms with E-state index in [-0.39, 0.29) is 12.5 Å². The maximum absolute atomic E-state index is 12.5. The highest BCUT2D eigenvalue weighted by Crippen LogP contribution is 2.35. The van der Waals surface area contributed by atoms with Crippen LogP contribution in [-0.4, -0.2) is 48.6 Å². The Kier molecular flexibility index (Phi) is 7.02. The average molecular weight is 428 g/mol. The number of amides is 1. The van der Waals surface area contributed by atoms with Gasteiger partial charge >= 0.3 is 5.97 Å². The van der Waals surface area contributed by atoms with Gasteiger partial charge in [0, 0.05) is 18.0 Å². The number of para-hydroxylation sites is 1. The fourth-order valence-corrected chi connectivity index (χ4v) is 3.81. The number of nitrogens with one attached hydrogen (secondary N) is 1. The van der Waals surface area contributed by atoms with Crippen LogP contribution in [0, 0.1) is 0 Å². The Morgan fingerprint density at radius 1 is 1.17 bits per heavy atom. The number of ether oxygens (including phenoxy) is 2. The summed E-state index contributed by atoms with van der Waals surface area (Å²) in [6, 6.07) is 13.2. The van der Waals surface area contributed by atoms with Gasteiger partial charge in [0.2, 0.25) is 0 Å². The number of carbonyl (C=O) groups excluding carboxylic acids is 2. The number of aromatic nitrogens is 1. The van der Waals surface area contributed by atoms with Gasteiger partial charge in [0.25, 0.3) is 5.91 Å². The molecule has 0 unspecified atom stereocenters. The molecule has 158 valence electrons. The molecule has 3 rings (SSSR count). The molecule has 0 saturated carbocycles. The molecular weight excluding hydrogens is 402 g/mol. The Balaban J connectivity index is 1.84. The number of nitrogens with zero attached hydrogens (tertiary/aromatic N) is 2. The SMILES string of the molecule is COC(=O)c1sc2nc(CN(C)C(C)C)ccc2c1NC(=O)COc1ccccc1. The van der Waals surface area contributed by atoms with E-state index in [9.17, 15) is 9.59 Å². The second-order valence-electron chi connectivity index (χ2n) is 7.11. The summed E-state index contributed by atoms with van der Waals surface area (Å²) >= 11 is 1.20. The first-order valence-electron chi connectivity index (χ1n) is 9.57. The van der Waals surface area contributed by atoms with Gasteiger partial charge in [0.05, 0.1) is 18.5 Å². The molecule has 2 heterocycles. The van der Waals surface area contributed by atoms with Crippen molar-refractivity contribution < 1.29 is 19.1 Å². The van der Waals surface area contributed by atoms with Crippen LogP contribution in [0.5, 0.6) is 5.75 Å². The van der Waals surface area contributed by atoms with Gasteiger partial charge in [-0.1, -0.05) is 18.2 Å². The monoisotopic (exact) mass is 427 g/mol. The van der Waals surface area contributed by atoms with E-state index in [1.165, 1.54) is 18.4 Å². The number of hydrogen-bond acceptors (Lipinski definition) is 7. The number of methoxy groups -OCH3 is 1. The zero-order valence-electron chi connectivity index (χ0n) is 17.5. The van der Waals surface area contributed by atoms with Crippen LogP contribution in [-0.2, 0) is 16.1 Å². The minimum absolute atomic E-state index is 0.174. The van der Waals surface area contributed by atoms with Crippen molar-refractivity contribution in [3.05, 3.63) is 53.0 Å². The summed E-state index contributed by atoms with van der Waals surface area (Å²) in [4.78, 5) is 32.6. The summed E-state index contributed by atoms with van der Waals surface area (Å²) in [5, 5.41) is 3.49. The predicted molar refractivity (Wildman–Crippen MR) is 118 cm³/mol. The van der Waals surface area contributed by atoms with Crippen molar-refractivity contribution in [1.82, 2.24) is 9.88 Å². The van der Waals surface area contributed by atoms with Crippen LogP contribution >= 0.6 is 11.3 Å². The highest BCUT2D eigenvalue weighted by molar-refractivity contribution is 7.21. The third-order valence-electron chi connectivity index (χ3n) is 4.65. The topological polar surface area (TPSA) is 80.8 Å². The van der Waals surface area contributed by atoms with E-state index in [1.54, 1.807) is 12.1 Å². The Labute approximate surface area is 179 Å². The molecular formula is C22H25N3O4S. The van der Waals surface area contributed by atoms with Gasteiger partial charge in [0.15, 0.2) is 6.61 Å². The highest BCUT2D eigenvalue weighted by atomic mass is 32.1. The lowest BCUT2D eigenvalue weighted by Gasteiger charge is -2.20. The Hall–Kier alpha value is -2.97. The Morgan fingerprint density at radius 2 is 1.90 bits per heavy atom. The van der Waals surface area contributed by atoms with E-state index in [2.05, 4.69) is 29.0 Å². The summed E-state index contributed by atoms with van der Waals surface area (Å²) < 4.78 is 10.4. The summed E-state index contributed by atoms with van der Waals surface area (Å²) in [6.07, 6.45) is 0. The van der Waals surface area contributed by atoms with Crippen LogP contribution in [0.15, 0.2) is 42.5 Å². The third kappa shape index (κ3) is 5.14. The molecule has 30 heavy (non-hydrogen) atoms. The molecule has 0 atom stereocenters. The summed E-state index contributed by atoms with van der Waals surface area (Å²) in [7, 11) is 3.34. The maximum Gasteiger partial charge on any atom is 0.350 e. The van der Waals surface area contributed by atoms with Crippen molar-refractivity contribution >= 4 is 39.1 Å². The largest absolute Gasteiger partial charge is 0.484 e. The first-order valence-corrected chi connectivity index (χ1v) is 10.4. The standard InChI is InChI=1S/C22H25N3O4S/c1-14(2)25(3)12-15-10-11-17-19(20(22(27)28-4)30-21(17)23-15)24-18(26)13-29-16-8-6-5-7-9-16/h5-11,14H,12-13H2,1-4H3,(H,24,26). The van der Waals surface area contributed by atoms with Crippen molar-refractivity contribution in [2.24, 2.45) is 0 Å². The second kappa shape index (κ2) is 9.69. The van der Waals surface area contributed by atoms with Gasteiger partial charge in [-0.2, -0.15) is 0 Å². The Bertz CT molecular complexity index is 1030. The zero-order chi connectivity index (χ0) is 21.7. The molecule has 0 spiro atoms. The van der Waals surface area contributed by atoms with Crippen molar-refractivity contribution in [1.29, 1.82) is 0 Å². The van der Waals surface area contributed by atoms with Gasteiger partial charge < -0.3 is 14.8 Å². The van der Waals surface area contributed by atoms with E-state index in [4.69, 9.17) is 9.47 Å². The van der Waals surface area contributed by atoms with Crippen molar-refractivity contribution in [2.75, 3.05) is 26.1 Å². The maximum atomic E-state index is 12.5. The first-order chi connectivity index (χ1) is 14.4. The number of rotatable bonds is 8. The van der Waals surface area contributed by atoms with Gasteiger partial charge in [-0.25, -0.2) is 9.78 Å². The molecule has 0 aliphatic rings.